The van der Waals surface area contributed by atoms with Gasteiger partial charge in [0, 0.05) is 32.2 Å². The lowest BCUT2D eigenvalue weighted by Crippen LogP contribution is -2.30. The Bertz CT molecular complexity index is 688. The molecule has 0 aromatic carbocycles. The van der Waals surface area contributed by atoms with Crippen LogP contribution < -0.4 is 5.32 Å². The van der Waals surface area contributed by atoms with Crippen molar-refractivity contribution in [2.75, 3.05) is 72.5 Å². The largest absolute Gasteiger partial charge is 0.449 e. The molecule has 0 bridgehead atoms. The van der Waals surface area contributed by atoms with E-state index in [1.807, 2.05) is 6.92 Å². The van der Waals surface area contributed by atoms with Gasteiger partial charge in [-0.2, -0.15) is 0 Å². The van der Waals surface area contributed by atoms with Gasteiger partial charge in [0.15, 0.2) is 0 Å². The molecule has 0 aliphatic carbocycles. The Hall–Kier alpha value is -0.540. The third-order valence-corrected chi connectivity index (χ3v) is 10.3. The Labute approximate surface area is 311 Å². The van der Waals surface area contributed by atoms with Gasteiger partial charge < -0.3 is 33.3 Å². The van der Waals surface area contributed by atoms with E-state index in [2.05, 4.69) is 44.6 Å². The molecule has 0 spiro atoms. The Balaban J connectivity index is 3.66. The fourth-order valence-electron chi connectivity index (χ4n) is 5.50. The van der Waals surface area contributed by atoms with Crippen molar-refractivity contribution in [1.82, 2.24) is 9.99 Å². The van der Waals surface area contributed by atoms with Crippen molar-refractivity contribution in [1.29, 1.82) is 0 Å². The van der Waals surface area contributed by atoms with Crippen LogP contribution in [0.2, 0.25) is 0 Å². The number of nitrogens with one attached hydrogen (secondary N) is 1. The molecule has 0 aliphatic rings. The summed E-state index contributed by atoms with van der Waals surface area (Å²) >= 11 is 0. The molecule has 0 saturated carbocycles. The summed E-state index contributed by atoms with van der Waals surface area (Å²) in [5.74, 6) is 0.169. The molecule has 0 aliphatic heterocycles. The van der Waals surface area contributed by atoms with Gasteiger partial charge in [-0.3, -0.25) is 0 Å². The highest BCUT2D eigenvalue weighted by atomic mass is 31.2. The first-order valence-corrected chi connectivity index (χ1v) is 22.1. The van der Waals surface area contributed by atoms with Crippen LogP contribution in [0.1, 0.15) is 170 Å². The Morgan fingerprint density at radius 3 is 1.66 bits per heavy atom. The SMILES string of the molecule is CCCCCCCCCCCCCCCCCCOCC(C)COC(=O)NCCOCCOCC(CC)OP(OCCC)N(CCC)CCC. The third kappa shape index (κ3) is 33.3. The minimum atomic E-state index is -1.08. The van der Waals surface area contributed by atoms with Crippen LogP contribution in [-0.4, -0.2) is 89.4 Å². The average Bonchev–Trinajstić information content (AvgIpc) is 3.12. The fourth-order valence-corrected chi connectivity index (χ4v) is 7.39. The highest BCUT2D eigenvalue weighted by molar-refractivity contribution is 7.44. The van der Waals surface area contributed by atoms with Crippen molar-refractivity contribution < 1.29 is 32.8 Å². The lowest BCUT2D eigenvalue weighted by Gasteiger charge is -2.31. The highest BCUT2D eigenvalue weighted by Gasteiger charge is 2.24. The first-order chi connectivity index (χ1) is 24.5. The van der Waals surface area contributed by atoms with E-state index in [0.29, 0.717) is 52.8 Å². The molecule has 0 aromatic rings. The maximum Gasteiger partial charge on any atom is 0.407 e. The van der Waals surface area contributed by atoms with Gasteiger partial charge in [-0.05, 0) is 32.1 Å². The molecule has 0 aromatic heterocycles. The maximum absolute atomic E-state index is 12.0. The zero-order valence-electron chi connectivity index (χ0n) is 33.8. The van der Waals surface area contributed by atoms with Crippen LogP contribution in [0.25, 0.3) is 0 Å². The quantitative estimate of drug-likeness (QED) is 0.0492. The fraction of sp³-hybridized carbons (Fsp3) is 0.975. The van der Waals surface area contributed by atoms with E-state index in [0.717, 1.165) is 51.8 Å². The predicted octanol–water partition coefficient (Wildman–Crippen LogP) is 11.2. The van der Waals surface area contributed by atoms with Gasteiger partial charge in [-0.25, -0.2) is 9.46 Å². The van der Waals surface area contributed by atoms with Crippen molar-refractivity contribution in [3.05, 3.63) is 0 Å². The number of unbranched alkanes of at least 4 members (excludes halogenated alkanes) is 15. The summed E-state index contributed by atoms with van der Waals surface area (Å²) in [6.07, 6.45) is 25.5. The molecule has 0 radical (unpaired) electrons. The predicted molar refractivity (Wildman–Crippen MR) is 211 cm³/mol. The highest BCUT2D eigenvalue weighted by Crippen LogP contribution is 2.44. The van der Waals surface area contributed by atoms with Crippen LogP contribution in [0, 0.1) is 5.92 Å². The van der Waals surface area contributed by atoms with Gasteiger partial charge in [-0.1, -0.05) is 138 Å². The van der Waals surface area contributed by atoms with Crippen molar-refractivity contribution in [2.24, 2.45) is 5.92 Å². The second-order valence-corrected chi connectivity index (χ2v) is 15.4. The average molecular weight is 735 g/mol. The first-order valence-electron chi connectivity index (χ1n) is 21.0. The first kappa shape index (κ1) is 49.5. The normalized spacial score (nSPS) is 13.5. The topological polar surface area (TPSA) is 87.7 Å². The number of carbonyl (C=O) groups excluding carboxylic acids is 1. The van der Waals surface area contributed by atoms with Crippen molar-refractivity contribution in [2.45, 2.75) is 176 Å². The van der Waals surface area contributed by atoms with Gasteiger partial charge in [0.25, 0.3) is 8.53 Å². The van der Waals surface area contributed by atoms with Gasteiger partial charge in [0.1, 0.15) is 0 Å². The maximum atomic E-state index is 12.0. The van der Waals surface area contributed by atoms with Gasteiger partial charge in [0.2, 0.25) is 0 Å². The zero-order chi connectivity index (χ0) is 36.8. The van der Waals surface area contributed by atoms with E-state index in [1.54, 1.807) is 0 Å². The molecule has 9 nitrogen and oxygen atoms in total. The molecule has 1 N–H and O–H groups in total. The molecule has 0 saturated heterocycles. The molecule has 0 heterocycles. The molecule has 0 rings (SSSR count). The molecule has 300 valence electrons. The van der Waals surface area contributed by atoms with Crippen molar-refractivity contribution in [3.63, 3.8) is 0 Å². The van der Waals surface area contributed by atoms with Crippen molar-refractivity contribution in [3.8, 4) is 0 Å². The van der Waals surface area contributed by atoms with Crippen LogP contribution in [0.3, 0.4) is 0 Å². The number of nitrogens with zero attached hydrogens (tertiary/aromatic N) is 1. The second-order valence-electron chi connectivity index (χ2n) is 13.9. The number of alkyl carbamates (subject to hydrolysis) is 1. The van der Waals surface area contributed by atoms with Crippen LogP contribution >= 0.6 is 8.53 Å². The van der Waals surface area contributed by atoms with Crippen LogP contribution in [0.5, 0.6) is 0 Å². The van der Waals surface area contributed by atoms with E-state index in [-0.39, 0.29) is 12.0 Å². The second kappa shape index (κ2) is 39.7. The van der Waals surface area contributed by atoms with Gasteiger partial charge >= 0.3 is 6.09 Å². The summed E-state index contributed by atoms with van der Waals surface area (Å²) in [4.78, 5) is 12.0. The summed E-state index contributed by atoms with van der Waals surface area (Å²) < 4.78 is 37.5. The summed E-state index contributed by atoms with van der Waals surface area (Å²) in [6.45, 7) is 19.6. The van der Waals surface area contributed by atoms with E-state index >= 15 is 0 Å². The van der Waals surface area contributed by atoms with Crippen molar-refractivity contribution >= 4 is 14.6 Å². The summed E-state index contributed by atoms with van der Waals surface area (Å²) in [7, 11) is -1.08. The molecule has 3 unspecified atom stereocenters. The summed E-state index contributed by atoms with van der Waals surface area (Å²) in [5, 5.41) is 2.75. The minimum Gasteiger partial charge on any atom is -0.449 e. The number of amides is 1. The Morgan fingerprint density at radius 2 is 1.12 bits per heavy atom. The molecule has 50 heavy (non-hydrogen) atoms. The number of hydrogen-bond acceptors (Lipinski definition) is 8. The van der Waals surface area contributed by atoms with Crippen LogP contribution in [0.4, 0.5) is 4.79 Å². The molecule has 1 amide bonds. The number of carbonyl (C=O) groups is 1. The van der Waals surface area contributed by atoms with E-state index in [1.165, 1.54) is 96.3 Å². The van der Waals surface area contributed by atoms with Crippen LogP contribution in [0.15, 0.2) is 0 Å². The smallest absolute Gasteiger partial charge is 0.407 e. The number of hydrogen-bond donors (Lipinski definition) is 1. The number of rotatable bonds is 40. The Kier molecular flexibility index (Phi) is 39.2. The van der Waals surface area contributed by atoms with E-state index < -0.39 is 14.6 Å². The molecular weight excluding hydrogens is 651 g/mol. The third-order valence-electron chi connectivity index (χ3n) is 8.53. The van der Waals surface area contributed by atoms with E-state index in [4.69, 9.17) is 28.0 Å². The standard InChI is InChI=1S/C40H83N2O7P/c1-7-12-13-14-15-16-17-18-19-20-21-22-23-24-25-26-31-45-35-38(6)36-47-40(43)41-27-32-44-33-34-46-37-39(11-5)49-50(48-30-10-4)42(28-8-2)29-9-3/h38-39H,7-37H2,1-6H3,(H,41,43). The number of ether oxygens (including phenoxy) is 4. The molecule has 0 fully saturated rings. The lowest BCUT2D eigenvalue weighted by molar-refractivity contribution is 0.00704. The molecule has 3 atom stereocenters. The summed E-state index contributed by atoms with van der Waals surface area (Å²) in [6, 6.07) is 0. The van der Waals surface area contributed by atoms with Gasteiger partial charge in [-0.15, -0.1) is 0 Å². The molecule has 10 heteroatoms. The molecular formula is C40H83N2O7P. The lowest BCUT2D eigenvalue weighted by atomic mass is 10.0. The van der Waals surface area contributed by atoms with Gasteiger partial charge in [0.05, 0.1) is 52.4 Å². The minimum absolute atomic E-state index is 0.0165. The summed E-state index contributed by atoms with van der Waals surface area (Å²) in [5.41, 5.74) is 0. The monoisotopic (exact) mass is 735 g/mol. The Morgan fingerprint density at radius 1 is 0.580 bits per heavy atom. The zero-order valence-corrected chi connectivity index (χ0v) is 34.7. The van der Waals surface area contributed by atoms with E-state index in [9.17, 15) is 4.79 Å². The van der Waals surface area contributed by atoms with Crippen LogP contribution in [-0.2, 0) is 28.0 Å².